The molecule has 1 aliphatic heterocycles. The quantitative estimate of drug-likeness (QED) is 0.464. The predicted molar refractivity (Wildman–Crippen MR) is 66.5 cm³/mol. The number of pyridine rings is 1. The van der Waals surface area contributed by atoms with Gasteiger partial charge >= 0.3 is 0 Å². The number of amides is 1. The second-order valence-corrected chi connectivity index (χ2v) is 5.52. The van der Waals surface area contributed by atoms with Crippen LogP contribution < -0.4 is 4.73 Å². The number of carbonyl (C=O) groups is 1. The minimum atomic E-state index is -0.198. The Bertz CT molecular complexity index is 405. The lowest BCUT2D eigenvalue weighted by Crippen LogP contribution is -2.35. The van der Waals surface area contributed by atoms with Gasteiger partial charge in [0.2, 0.25) is 5.91 Å². The maximum atomic E-state index is 12.1. The van der Waals surface area contributed by atoms with Crippen LogP contribution in [0.5, 0.6) is 0 Å². The average Bonchev–Trinajstić information content (AvgIpc) is 2.84. The first-order valence-corrected chi connectivity index (χ1v) is 6.70. The highest BCUT2D eigenvalue weighted by Gasteiger charge is 2.25. The Labute approximate surface area is 105 Å². The standard InChI is InChI=1S/C12H16N2O2S/c1-10(12(15)13-7-4-5-8-13)17-11-6-2-3-9-14(11)16/h2-3,6,9-10H,4-5,7-8H2,1H3. The molecule has 0 saturated carbocycles. The molecular weight excluding hydrogens is 236 g/mol. The smallest absolute Gasteiger partial charge is 0.252 e. The Hall–Kier alpha value is -1.23. The van der Waals surface area contributed by atoms with Crippen molar-refractivity contribution >= 4 is 17.7 Å². The van der Waals surface area contributed by atoms with Crippen LogP contribution in [0.15, 0.2) is 29.4 Å². The molecule has 17 heavy (non-hydrogen) atoms. The predicted octanol–water partition coefficient (Wildman–Crippen LogP) is 1.42. The first kappa shape index (κ1) is 12.2. The molecule has 1 atom stereocenters. The van der Waals surface area contributed by atoms with E-state index in [-0.39, 0.29) is 11.2 Å². The summed E-state index contributed by atoms with van der Waals surface area (Å²) in [6.45, 7) is 3.57. The molecule has 1 unspecified atom stereocenters. The summed E-state index contributed by atoms with van der Waals surface area (Å²) in [5.74, 6) is 0.136. The van der Waals surface area contributed by atoms with Crippen LogP contribution in [-0.2, 0) is 4.79 Å². The minimum absolute atomic E-state index is 0.136. The molecule has 0 aromatic carbocycles. The van der Waals surface area contributed by atoms with E-state index in [9.17, 15) is 10.0 Å². The molecule has 0 bridgehead atoms. The van der Waals surface area contributed by atoms with Crippen molar-refractivity contribution in [3.05, 3.63) is 29.6 Å². The molecular formula is C12H16N2O2S. The molecule has 0 aliphatic carbocycles. The fraction of sp³-hybridized carbons (Fsp3) is 0.500. The summed E-state index contributed by atoms with van der Waals surface area (Å²) >= 11 is 1.32. The molecule has 0 spiro atoms. The fourth-order valence-corrected chi connectivity index (χ4v) is 2.86. The SMILES string of the molecule is CC(Sc1cccc[n+]1[O-])C(=O)N1CCCC1. The van der Waals surface area contributed by atoms with Gasteiger partial charge in [-0.15, -0.1) is 0 Å². The molecule has 0 radical (unpaired) electrons. The van der Waals surface area contributed by atoms with Crippen LogP contribution >= 0.6 is 11.8 Å². The third-order valence-electron chi connectivity index (χ3n) is 2.85. The molecule has 1 saturated heterocycles. The van der Waals surface area contributed by atoms with Crippen molar-refractivity contribution in [2.45, 2.75) is 30.0 Å². The lowest BCUT2D eigenvalue weighted by atomic mass is 10.4. The van der Waals surface area contributed by atoms with Crippen LogP contribution in [-0.4, -0.2) is 29.1 Å². The summed E-state index contributed by atoms with van der Waals surface area (Å²) in [5.41, 5.74) is 0. The number of aromatic nitrogens is 1. The van der Waals surface area contributed by atoms with Gasteiger partial charge in [0.05, 0.1) is 5.25 Å². The van der Waals surface area contributed by atoms with Crippen molar-refractivity contribution < 1.29 is 9.52 Å². The van der Waals surface area contributed by atoms with E-state index in [1.54, 1.807) is 12.1 Å². The van der Waals surface area contributed by atoms with Crippen LogP contribution in [0.25, 0.3) is 0 Å². The van der Waals surface area contributed by atoms with Gasteiger partial charge in [-0.3, -0.25) is 4.79 Å². The summed E-state index contributed by atoms with van der Waals surface area (Å²) in [7, 11) is 0. The largest absolute Gasteiger partial charge is 0.618 e. The molecule has 1 amide bonds. The molecule has 0 N–H and O–H groups in total. The molecule has 1 fully saturated rings. The Morgan fingerprint density at radius 3 is 2.82 bits per heavy atom. The van der Waals surface area contributed by atoms with Crippen LogP contribution in [0.2, 0.25) is 0 Å². The van der Waals surface area contributed by atoms with E-state index in [1.807, 2.05) is 17.9 Å². The molecule has 5 heteroatoms. The zero-order valence-electron chi connectivity index (χ0n) is 9.83. The Morgan fingerprint density at radius 1 is 1.47 bits per heavy atom. The maximum Gasteiger partial charge on any atom is 0.252 e. The van der Waals surface area contributed by atoms with Crippen molar-refractivity contribution in [1.29, 1.82) is 0 Å². The maximum absolute atomic E-state index is 12.1. The fourth-order valence-electron chi connectivity index (χ4n) is 1.93. The van der Waals surface area contributed by atoms with Gasteiger partial charge in [-0.05, 0) is 37.6 Å². The summed E-state index contributed by atoms with van der Waals surface area (Å²) in [5, 5.41) is 11.8. The second kappa shape index (κ2) is 5.40. The second-order valence-electron chi connectivity index (χ2n) is 4.16. The summed E-state index contributed by atoms with van der Waals surface area (Å²) in [4.78, 5) is 13.9. The first-order chi connectivity index (χ1) is 8.18. The Kier molecular flexibility index (Phi) is 3.89. The van der Waals surface area contributed by atoms with Gasteiger partial charge in [0, 0.05) is 25.2 Å². The van der Waals surface area contributed by atoms with Crippen molar-refractivity contribution in [3.63, 3.8) is 0 Å². The van der Waals surface area contributed by atoms with E-state index in [4.69, 9.17) is 0 Å². The van der Waals surface area contributed by atoms with Crippen molar-refractivity contribution in [2.24, 2.45) is 0 Å². The highest BCUT2D eigenvalue weighted by Crippen LogP contribution is 2.22. The van der Waals surface area contributed by atoms with Gasteiger partial charge in [-0.2, -0.15) is 4.73 Å². The molecule has 1 aromatic heterocycles. The van der Waals surface area contributed by atoms with Crippen molar-refractivity contribution in [1.82, 2.24) is 4.90 Å². The van der Waals surface area contributed by atoms with Gasteiger partial charge in [-0.1, -0.05) is 0 Å². The van der Waals surface area contributed by atoms with Crippen molar-refractivity contribution in [2.75, 3.05) is 13.1 Å². The third-order valence-corrected chi connectivity index (χ3v) is 3.96. The molecule has 4 nitrogen and oxygen atoms in total. The van der Waals surface area contributed by atoms with Gasteiger partial charge in [-0.25, -0.2) is 0 Å². The third kappa shape index (κ3) is 2.91. The van der Waals surface area contributed by atoms with Crippen LogP contribution in [0.1, 0.15) is 19.8 Å². The van der Waals surface area contributed by atoms with Gasteiger partial charge in [0.1, 0.15) is 0 Å². The molecule has 1 aliphatic rings. The van der Waals surface area contributed by atoms with E-state index < -0.39 is 0 Å². The highest BCUT2D eigenvalue weighted by molar-refractivity contribution is 8.00. The number of likely N-dealkylation sites (tertiary alicyclic amines) is 1. The summed E-state index contributed by atoms with van der Waals surface area (Å²) in [6.07, 6.45) is 3.64. The van der Waals surface area contributed by atoms with E-state index in [0.29, 0.717) is 5.03 Å². The monoisotopic (exact) mass is 252 g/mol. The Morgan fingerprint density at radius 2 is 2.18 bits per heavy atom. The normalized spacial score (nSPS) is 17.1. The van der Waals surface area contributed by atoms with E-state index in [1.165, 1.54) is 18.0 Å². The Balaban J connectivity index is 1.99. The van der Waals surface area contributed by atoms with Gasteiger partial charge in [0.15, 0.2) is 6.20 Å². The zero-order chi connectivity index (χ0) is 12.3. The lowest BCUT2D eigenvalue weighted by Gasteiger charge is -2.19. The highest BCUT2D eigenvalue weighted by atomic mass is 32.2. The van der Waals surface area contributed by atoms with Gasteiger partial charge < -0.3 is 10.1 Å². The van der Waals surface area contributed by atoms with Crippen LogP contribution in [0.4, 0.5) is 0 Å². The molecule has 1 aromatic rings. The zero-order valence-corrected chi connectivity index (χ0v) is 10.7. The van der Waals surface area contributed by atoms with Gasteiger partial charge in [0.25, 0.3) is 5.03 Å². The molecule has 92 valence electrons. The number of hydrogen-bond acceptors (Lipinski definition) is 3. The minimum Gasteiger partial charge on any atom is -0.618 e. The first-order valence-electron chi connectivity index (χ1n) is 5.82. The lowest BCUT2D eigenvalue weighted by molar-refractivity contribution is -0.645. The average molecular weight is 252 g/mol. The topological polar surface area (TPSA) is 47.2 Å². The summed E-state index contributed by atoms with van der Waals surface area (Å²) in [6, 6.07) is 5.24. The number of hydrogen-bond donors (Lipinski definition) is 0. The molecule has 2 heterocycles. The number of carbonyl (C=O) groups excluding carboxylic acids is 1. The molecule has 2 rings (SSSR count). The van der Waals surface area contributed by atoms with Crippen LogP contribution in [0.3, 0.4) is 0 Å². The summed E-state index contributed by atoms with van der Waals surface area (Å²) < 4.78 is 0.804. The van der Waals surface area contributed by atoms with Crippen molar-refractivity contribution in [3.8, 4) is 0 Å². The van der Waals surface area contributed by atoms with E-state index in [2.05, 4.69) is 0 Å². The number of nitrogens with zero attached hydrogens (tertiary/aromatic N) is 2. The van der Waals surface area contributed by atoms with Crippen LogP contribution in [0, 0.1) is 5.21 Å². The number of thioether (sulfide) groups is 1. The number of rotatable bonds is 3. The van der Waals surface area contributed by atoms with E-state index in [0.717, 1.165) is 30.7 Å². The van der Waals surface area contributed by atoms with E-state index >= 15 is 0 Å².